The Balaban J connectivity index is 1.89. The normalized spacial score (nSPS) is 21.8. The molecule has 5 heteroatoms. The van der Waals surface area contributed by atoms with Crippen molar-refractivity contribution in [1.82, 2.24) is 15.5 Å². The van der Waals surface area contributed by atoms with E-state index in [4.69, 9.17) is 0 Å². The fourth-order valence-electron chi connectivity index (χ4n) is 3.18. The van der Waals surface area contributed by atoms with Gasteiger partial charge in [-0.15, -0.1) is 0 Å². The predicted octanol–water partition coefficient (Wildman–Crippen LogP) is 3.13. The van der Waals surface area contributed by atoms with Crippen LogP contribution in [0.2, 0.25) is 0 Å². The number of guanidine groups is 1. The second-order valence-electron chi connectivity index (χ2n) is 7.19. The minimum absolute atomic E-state index is 0.147. The number of aliphatic imine (C=N–C) groups is 1. The van der Waals surface area contributed by atoms with Gasteiger partial charge in [0, 0.05) is 31.7 Å². The molecule has 0 atom stereocenters. The Labute approximate surface area is 145 Å². The Morgan fingerprint density at radius 3 is 2.58 bits per heavy atom. The molecule has 1 aliphatic carbocycles. The van der Waals surface area contributed by atoms with Gasteiger partial charge in [-0.25, -0.2) is 4.39 Å². The van der Waals surface area contributed by atoms with E-state index in [1.165, 1.54) is 25.7 Å². The van der Waals surface area contributed by atoms with Crippen molar-refractivity contribution in [1.29, 1.82) is 0 Å². The molecule has 0 saturated heterocycles. The summed E-state index contributed by atoms with van der Waals surface area (Å²) < 4.78 is 13.9. The van der Waals surface area contributed by atoms with Gasteiger partial charge in [0.25, 0.3) is 0 Å². The summed E-state index contributed by atoms with van der Waals surface area (Å²) in [5.41, 5.74) is 1.79. The van der Waals surface area contributed by atoms with Crippen molar-refractivity contribution in [3.63, 3.8) is 0 Å². The van der Waals surface area contributed by atoms with E-state index < -0.39 is 0 Å². The zero-order valence-corrected chi connectivity index (χ0v) is 15.4. The lowest BCUT2D eigenvalue weighted by Crippen LogP contribution is -2.44. The van der Waals surface area contributed by atoms with Gasteiger partial charge in [-0.3, -0.25) is 4.99 Å². The number of rotatable bonds is 5. The van der Waals surface area contributed by atoms with Crippen molar-refractivity contribution in [2.24, 2.45) is 10.9 Å². The van der Waals surface area contributed by atoms with E-state index in [0.717, 1.165) is 23.0 Å². The number of benzene rings is 1. The summed E-state index contributed by atoms with van der Waals surface area (Å²) in [6.07, 6.45) is 4.96. The quantitative estimate of drug-likeness (QED) is 0.642. The summed E-state index contributed by atoms with van der Waals surface area (Å²) in [4.78, 5) is 6.29. The first kappa shape index (κ1) is 18.7. The molecule has 0 radical (unpaired) electrons. The SMILES string of the molecule is CN=C(NCc1ccc(F)c(CN(C)C)c1)NC1CCC(C)CC1. The molecule has 1 saturated carbocycles. The summed E-state index contributed by atoms with van der Waals surface area (Å²) in [5, 5.41) is 6.86. The van der Waals surface area contributed by atoms with Crippen LogP contribution in [0, 0.1) is 11.7 Å². The lowest BCUT2D eigenvalue weighted by molar-refractivity contribution is 0.329. The standard InChI is InChI=1S/C19H31FN4/c1-14-5-8-17(9-6-14)23-19(21-2)22-12-15-7-10-18(20)16(11-15)13-24(3)4/h7,10-11,14,17H,5-6,8-9,12-13H2,1-4H3,(H2,21,22,23). The molecule has 24 heavy (non-hydrogen) atoms. The molecule has 134 valence electrons. The van der Waals surface area contributed by atoms with E-state index in [1.807, 2.05) is 31.1 Å². The summed E-state index contributed by atoms with van der Waals surface area (Å²) in [6, 6.07) is 5.81. The third-order valence-electron chi connectivity index (χ3n) is 4.64. The molecule has 2 rings (SSSR count). The molecule has 4 nitrogen and oxygen atoms in total. The summed E-state index contributed by atoms with van der Waals surface area (Å²) >= 11 is 0. The molecule has 0 unspecified atom stereocenters. The summed E-state index contributed by atoms with van der Waals surface area (Å²) in [7, 11) is 5.69. The van der Waals surface area contributed by atoms with Gasteiger partial charge in [-0.1, -0.05) is 13.0 Å². The van der Waals surface area contributed by atoms with Gasteiger partial charge in [0.2, 0.25) is 0 Å². The predicted molar refractivity (Wildman–Crippen MR) is 98.5 cm³/mol. The van der Waals surface area contributed by atoms with Crippen molar-refractivity contribution >= 4 is 5.96 Å². The fraction of sp³-hybridized carbons (Fsp3) is 0.632. The van der Waals surface area contributed by atoms with Gasteiger partial charge < -0.3 is 15.5 Å². The highest BCUT2D eigenvalue weighted by atomic mass is 19.1. The topological polar surface area (TPSA) is 39.7 Å². The van der Waals surface area contributed by atoms with Crippen LogP contribution in [0.5, 0.6) is 0 Å². The Bertz CT molecular complexity index is 548. The van der Waals surface area contributed by atoms with E-state index in [2.05, 4.69) is 22.5 Å². The maximum atomic E-state index is 13.9. The van der Waals surface area contributed by atoms with E-state index in [0.29, 0.717) is 19.1 Å². The van der Waals surface area contributed by atoms with E-state index in [9.17, 15) is 4.39 Å². The molecule has 1 aromatic carbocycles. The zero-order valence-electron chi connectivity index (χ0n) is 15.4. The minimum Gasteiger partial charge on any atom is -0.354 e. The van der Waals surface area contributed by atoms with Crippen LogP contribution < -0.4 is 10.6 Å². The molecule has 0 aromatic heterocycles. The van der Waals surface area contributed by atoms with Gasteiger partial charge in [0.05, 0.1) is 0 Å². The molecule has 0 bridgehead atoms. The first-order valence-electron chi connectivity index (χ1n) is 8.87. The maximum Gasteiger partial charge on any atom is 0.191 e. The maximum absolute atomic E-state index is 13.9. The summed E-state index contributed by atoms with van der Waals surface area (Å²) in [5.74, 6) is 1.52. The molecule has 1 aliphatic rings. The Hall–Kier alpha value is -1.62. The van der Waals surface area contributed by atoms with E-state index >= 15 is 0 Å². The van der Waals surface area contributed by atoms with Crippen molar-refractivity contribution in [3.8, 4) is 0 Å². The molecule has 0 spiro atoms. The van der Waals surface area contributed by atoms with Crippen LogP contribution in [0.4, 0.5) is 4.39 Å². The second-order valence-corrected chi connectivity index (χ2v) is 7.19. The van der Waals surface area contributed by atoms with E-state index in [1.54, 1.807) is 13.1 Å². The smallest absolute Gasteiger partial charge is 0.191 e. The van der Waals surface area contributed by atoms with Crippen molar-refractivity contribution in [3.05, 3.63) is 35.1 Å². The van der Waals surface area contributed by atoms with Crippen LogP contribution in [-0.4, -0.2) is 38.0 Å². The molecular formula is C19H31FN4. The molecule has 1 fully saturated rings. The highest BCUT2D eigenvalue weighted by Crippen LogP contribution is 2.23. The first-order valence-corrected chi connectivity index (χ1v) is 8.87. The average Bonchev–Trinajstić information content (AvgIpc) is 2.55. The molecule has 0 heterocycles. The van der Waals surface area contributed by atoms with Crippen molar-refractivity contribution in [2.45, 2.75) is 51.7 Å². The number of nitrogens with one attached hydrogen (secondary N) is 2. The van der Waals surface area contributed by atoms with Crippen LogP contribution in [0.1, 0.15) is 43.7 Å². The monoisotopic (exact) mass is 334 g/mol. The van der Waals surface area contributed by atoms with Gasteiger partial charge in [-0.05, 0) is 63.4 Å². The molecule has 2 N–H and O–H groups in total. The van der Waals surface area contributed by atoms with Gasteiger partial charge in [0.15, 0.2) is 5.96 Å². The van der Waals surface area contributed by atoms with Crippen molar-refractivity contribution < 1.29 is 4.39 Å². The van der Waals surface area contributed by atoms with Gasteiger partial charge in [-0.2, -0.15) is 0 Å². The van der Waals surface area contributed by atoms with Crippen LogP contribution in [0.15, 0.2) is 23.2 Å². The zero-order chi connectivity index (χ0) is 17.5. The largest absolute Gasteiger partial charge is 0.354 e. The number of halogens is 1. The van der Waals surface area contributed by atoms with Crippen molar-refractivity contribution in [2.75, 3.05) is 21.1 Å². The Morgan fingerprint density at radius 2 is 1.96 bits per heavy atom. The molecule has 0 amide bonds. The molecule has 1 aromatic rings. The third kappa shape index (κ3) is 5.78. The van der Waals surface area contributed by atoms with Crippen LogP contribution in [0.3, 0.4) is 0 Å². The minimum atomic E-state index is -0.147. The highest BCUT2D eigenvalue weighted by molar-refractivity contribution is 5.79. The van der Waals surface area contributed by atoms with Crippen LogP contribution in [0.25, 0.3) is 0 Å². The lowest BCUT2D eigenvalue weighted by atomic mass is 9.87. The average molecular weight is 334 g/mol. The molecular weight excluding hydrogens is 303 g/mol. The van der Waals surface area contributed by atoms with E-state index in [-0.39, 0.29) is 5.82 Å². The van der Waals surface area contributed by atoms with Gasteiger partial charge >= 0.3 is 0 Å². The third-order valence-corrected chi connectivity index (χ3v) is 4.64. The number of nitrogens with zero attached hydrogens (tertiary/aromatic N) is 2. The van der Waals surface area contributed by atoms with Crippen LogP contribution >= 0.6 is 0 Å². The first-order chi connectivity index (χ1) is 11.5. The lowest BCUT2D eigenvalue weighted by Gasteiger charge is -2.28. The number of hydrogen-bond acceptors (Lipinski definition) is 2. The van der Waals surface area contributed by atoms with Gasteiger partial charge in [0.1, 0.15) is 5.82 Å². The molecule has 0 aliphatic heterocycles. The van der Waals surface area contributed by atoms with Crippen LogP contribution in [-0.2, 0) is 13.1 Å². The second kappa shape index (κ2) is 9.02. The fourth-order valence-corrected chi connectivity index (χ4v) is 3.18. The number of hydrogen-bond donors (Lipinski definition) is 2. The highest BCUT2D eigenvalue weighted by Gasteiger charge is 2.18. The Morgan fingerprint density at radius 1 is 1.25 bits per heavy atom. The summed E-state index contributed by atoms with van der Waals surface area (Å²) in [6.45, 7) is 3.57. The Kier molecular flexibility index (Phi) is 7.03.